The van der Waals surface area contributed by atoms with Gasteiger partial charge in [-0.2, -0.15) is 0 Å². The SMILES string of the molecule is CNCc1cnc(CCN2CCC(C)CC2)s1. The standard InChI is InChI=1S/C13H23N3S/c1-11-3-6-16(7-4-11)8-5-13-15-10-12(17-13)9-14-2/h10-11,14H,3-9H2,1-2H3. The summed E-state index contributed by atoms with van der Waals surface area (Å²) in [4.78, 5) is 8.41. The molecule has 1 aliphatic heterocycles. The number of likely N-dealkylation sites (tertiary alicyclic amines) is 1. The Balaban J connectivity index is 1.73. The van der Waals surface area contributed by atoms with E-state index < -0.39 is 0 Å². The molecule has 2 rings (SSSR count). The summed E-state index contributed by atoms with van der Waals surface area (Å²) in [5.41, 5.74) is 0. The molecule has 1 aromatic rings. The molecule has 0 unspecified atom stereocenters. The molecule has 0 aromatic carbocycles. The van der Waals surface area contributed by atoms with E-state index in [1.54, 1.807) is 0 Å². The van der Waals surface area contributed by atoms with Gasteiger partial charge >= 0.3 is 0 Å². The molecule has 1 aliphatic rings. The molecule has 0 saturated carbocycles. The van der Waals surface area contributed by atoms with E-state index in [1.807, 2.05) is 24.6 Å². The molecule has 17 heavy (non-hydrogen) atoms. The van der Waals surface area contributed by atoms with Gasteiger partial charge in [0.2, 0.25) is 0 Å². The molecule has 0 amide bonds. The van der Waals surface area contributed by atoms with Crippen molar-refractivity contribution in [3.63, 3.8) is 0 Å². The summed E-state index contributed by atoms with van der Waals surface area (Å²) < 4.78 is 0. The van der Waals surface area contributed by atoms with Crippen molar-refractivity contribution in [1.29, 1.82) is 0 Å². The fraction of sp³-hybridized carbons (Fsp3) is 0.769. The summed E-state index contributed by atoms with van der Waals surface area (Å²) in [5.74, 6) is 0.924. The zero-order chi connectivity index (χ0) is 12.1. The Bertz CT molecular complexity index is 329. The third kappa shape index (κ3) is 4.05. The van der Waals surface area contributed by atoms with Crippen LogP contribution in [0.4, 0.5) is 0 Å². The zero-order valence-electron chi connectivity index (χ0n) is 10.9. The Morgan fingerprint density at radius 2 is 2.24 bits per heavy atom. The predicted molar refractivity (Wildman–Crippen MR) is 73.4 cm³/mol. The van der Waals surface area contributed by atoms with Gasteiger partial charge in [0.25, 0.3) is 0 Å². The average molecular weight is 253 g/mol. The maximum atomic E-state index is 4.49. The fourth-order valence-corrected chi connectivity index (χ4v) is 3.18. The first-order chi connectivity index (χ1) is 8.28. The van der Waals surface area contributed by atoms with E-state index in [-0.39, 0.29) is 0 Å². The molecule has 0 aliphatic carbocycles. The number of hydrogen-bond acceptors (Lipinski definition) is 4. The van der Waals surface area contributed by atoms with Crippen LogP contribution in [0.5, 0.6) is 0 Å². The topological polar surface area (TPSA) is 28.2 Å². The molecular formula is C13H23N3S. The quantitative estimate of drug-likeness (QED) is 0.871. The Morgan fingerprint density at radius 3 is 2.94 bits per heavy atom. The number of rotatable bonds is 5. The third-order valence-corrected chi connectivity index (χ3v) is 4.53. The molecule has 0 spiro atoms. The minimum absolute atomic E-state index is 0.924. The van der Waals surface area contributed by atoms with Crippen LogP contribution in [0.15, 0.2) is 6.20 Å². The van der Waals surface area contributed by atoms with Crippen LogP contribution in [-0.2, 0) is 13.0 Å². The van der Waals surface area contributed by atoms with Crippen LogP contribution in [-0.4, -0.2) is 36.6 Å². The van der Waals surface area contributed by atoms with Crippen molar-refractivity contribution in [2.75, 3.05) is 26.7 Å². The van der Waals surface area contributed by atoms with Gasteiger partial charge in [0.1, 0.15) is 0 Å². The summed E-state index contributed by atoms with van der Waals surface area (Å²) >= 11 is 1.85. The lowest BCUT2D eigenvalue weighted by Crippen LogP contribution is -2.34. The third-order valence-electron chi connectivity index (χ3n) is 3.47. The van der Waals surface area contributed by atoms with Gasteiger partial charge in [0, 0.05) is 30.6 Å². The molecule has 0 radical (unpaired) electrons. The summed E-state index contributed by atoms with van der Waals surface area (Å²) in [6.07, 6.45) is 5.85. The first kappa shape index (κ1) is 13.0. The van der Waals surface area contributed by atoms with Crippen molar-refractivity contribution in [3.05, 3.63) is 16.1 Å². The molecule has 96 valence electrons. The lowest BCUT2D eigenvalue weighted by molar-refractivity contribution is 0.194. The minimum Gasteiger partial charge on any atom is -0.315 e. The summed E-state index contributed by atoms with van der Waals surface area (Å²) in [6.45, 7) is 7.03. The van der Waals surface area contributed by atoms with Crippen molar-refractivity contribution >= 4 is 11.3 Å². The second kappa shape index (κ2) is 6.47. The van der Waals surface area contributed by atoms with Gasteiger partial charge in [-0.05, 0) is 38.9 Å². The predicted octanol–water partition coefficient (Wildman–Crippen LogP) is 2.14. The Morgan fingerprint density at radius 1 is 1.47 bits per heavy atom. The highest BCUT2D eigenvalue weighted by atomic mass is 32.1. The van der Waals surface area contributed by atoms with Gasteiger partial charge in [-0.1, -0.05) is 6.92 Å². The van der Waals surface area contributed by atoms with Crippen molar-refractivity contribution < 1.29 is 0 Å². The molecule has 0 bridgehead atoms. The van der Waals surface area contributed by atoms with Crippen LogP contribution in [0.25, 0.3) is 0 Å². The van der Waals surface area contributed by atoms with E-state index in [1.165, 1.54) is 42.4 Å². The van der Waals surface area contributed by atoms with Crippen LogP contribution < -0.4 is 5.32 Å². The number of nitrogens with one attached hydrogen (secondary N) is 1. The highest BCUT2D eigenvalue weighted by Crippen LogP contribution is 2.17. The Kier molecular flexibility index (Phi) is 4.95. The van der Waals surface area contributed by atoms with Gasteiger partial charge in [0.05, 0.1) is 5.01 Å². The van der Waals surface area contributed by atoms with Gasteiger partial charge in [0.15, 0.2) is 0 Å². The first-order valence-corrected chi connectivity index (χ1v) is 7.40. The summed E-state index contributed by atoms with van der Waals surface area (Å²) in [6, 6.07) is 0. The second-order valence-electron chi connectivity index (χ2n) is 5.02. The smallest absolute Gasteiger partial charge is 0.0940 e. The second-order valence-corrected chi connectivity index (χ2v) is 6.22. The Hall–Kier alpha value is -0.450. The van der Waals surface area contributed by atoms with E-state index in [9.17, 15) is 0 Å². The fourth-order valence-electron chi connectivity index (χ4n) is 2.26. The highest BCUT2D eigenvalue weighted by molar-refractivity contribution is 7.11. The van der Waals surface area contributed by atoms with Crippen LogP contribution in [0.2, 0.25) is 0 Å². The van der Waals surface area contributed by atoms with E-state index in [2.05, 4.69) is 22.1 Å². The number of hydrogen-bond donors (Lipinski definition) is 1. The summed E-state index contributed by atoms with van der Waals surface area (Å²) in [5, 5.41) is 4.45. The molecule has 1 saturated heterocycles. The zero-order valence-corrected chi connectivity index (χ0v) is 11.7. The average Bonchev–Trinajstić information content (AvgIpc) is 2.77. The molecule has 0 atom stereocenters. The molecule has 1 N–H and O–H groups in total. The van der Waals surface area contributed by atoms with Crippen LogP contribution >= 0.6 is 11.3 Å². The lowest BCUT2D eigenvalue weighted by atomic mass is 9.99. The molecular weight excluding hydrogens is 230 g/mol. The van der Waals surface area contributed by atoms with E-state index in [0.717, 1.165) is 18.9 Å². The van der Waals surface area contributed by atoms with Gasteiger partial charge in [-0.3, -0.25) is 0 Å². The number of thiazole rings is 1. The van der Waals surface area contributed by atoms with E-state index in [4.69, 9.17) is 0 Å². The van der Waals surface area contributed by atoms with Crippen molar-refractivity contribution in [1.82, 2.24) is 15.2 Å². The van der Waals surface area contributed by atoms with Gasteiger partial charge in [-0.25, -0.2) is 4.98 Å². The number of piperidine rings is 1. The van der Waals surface area contributed by atoms with Gasteiger partial charge in [-0.15, -0.1) is 11.3 Å². The van der Waals surface area contributed by atoms with Crippen molar-refractivity contribution in [2.45, 2.75) is 32.7 Å². The lowest BCUT2D eigenvalue weighted by Gasteiger charge is -2.29. The maximum absolute atomic E-state index is 4.49. The largest absolute Gasteiger partial charge is 0.315 e. The van der Waals surface area contributed by atoms with Crippen LogP contribution in [0.3, 0.4) is 0 Å². The molecule has 1 fully saturated rings. The van der Waals surface area contributed by atoms with E-state index in [0.29, 0.717) is 0 Å². The van der Waals surface area contributed by atoms with E-state index >= 15 is 0 Å². The van der Waals surface area contributed by atoms with Crippen LogP contribution in [0.1, 0.15) is 29.7 Å². The summed E-state index contributed by atoms with van der Waals surface area (Å²) in [7, 11) is 1.98. The van der Waals surface area contributed by atoms with Crippen molar-refractivity contribution in [2.24, 2.45) is 5.92 Å². The number of aromatic nitrogens is 1. The normalized spacial score (nSPS) is 18.7. The molecule has 4 heteroatoms. The minimum atomic E-state index is 0.924. The monoisotopic (exact) mass is 253 g/mol. The maximum Gasteiger partial charge on any atom is 0.0940 e. The van der Waals surface area contributed by atoms with Gasteiger partial charge < -0.3 is 10.2 Å². The Labute approximate surface area is 108 Å². The number of nitrogens with zero attached hydrogens (tertiary/aromatic N) is 2. The first-order valence-electron chi connectivity index (χ1n) is 6.58. The highest BCUT2D eigenvalue weighted by Gasteiger charge is 2.15. The molecule has 2 heterocycles. The molecule has 1 aromatic heterocycles. The molecule has 3 nitrogen and oxygen atoms in total. The van der Waals surface area contributed by atoms with Crippen LogP contribution in [0, 0.1) is 5.92 Å². The van der Waals surface area contributed by atoms with Crippen molar-refractivity contribution in [3.8, 4) is 0 Å².